The van der Waals surface area contributed by atoms with Gasteiger partial charge in [-0.3, -0.25) is 14.5 Å². The third kappa shape index (κ3) is 5.15. The maximum atomic E-state index is 12.9. The van der Waals surface area contributed by atoms with Crippen LogP contribution in [0, 0.1) is 0 Å². The van der Waals surface area contributed by atoms with Crippen molar-refractivity contribution in [1.29, 1.82) is 0 Å². The van der Waals surface area contributed by atoms with Crippen LogP contribution in [-0.4, -0.2) is 38.2 Å². The first-order chi connectivity index (χ1) is 19.5. The predicted molar refractivity (Wildman–Crippen MR) is 143 cm³/mol. The topological polar surface area (TPSA) is 121 Å². The molecule has 0 bridgehead atoms. The van der Waals surface area contributed by atoms with Crippen LogP contribution in [0.25, 0.3) is 32.7 Å². The van der Waals surface area contributed by atoms with E-state index in [1.807, 2.05) is 36.4 Å². The fourth-order valence-corrected chi connectivity index (χ4v) is 3.94. The minimum atomic E-state index is -1.04. The molecule has 0 aliphatic rings. The Balaban J connectivity index is 1.27. The number of rotatable bonds is 6. The largest absolute Gasteiger partial charge is 0.382 e. The first-order valence-corrected chi connectivity index (χ1v) is 12.1. The van der Waals surface area contributed by atoms with Gasteiger partial charge in [0.2, 0.25) is 5.39 Å². The molecule has 0 radical (unpaired) electrons. The fourth-order valence-electron chi connectivity index (χ4n) is 3.94. The zero-order valence-electron chi connectivity index (χ0n) is 20.6. The average Bonchev–Trinajstić information content (AvgIpc) is 3.00. The van der Waals surface area contributed by atoms with Crippen LogP contribution in [0.1, 0.15) is 31.5 Å². The van der Waals surface area contributed by atoms with Crippen molar-refractivity contribution in [3.8, 4) is 0 Å². The van der Waals surface area contributed by atoms with E-state index in [2.05, 4.69) is 15.0 Å². The number of hydrogen-bond acceptors (Lipinski definition) is 10. The zero-order valence-corrected chi connectivity index (χ0v) is 20.6. The molecule has 6 aromatic rings. The van der Waals surface area contributed by atoms with Gasteiger partial charge in [0.15, 0.2) is 17.1 Å². The number of aromatic nitrogens is 3. The fraction of sp³-hybridized carbons (Fsp3) is 0. The second kappa shape index (κ2) is 10.6. The number of carbonyl (C=O) groups excluding carboxylic acids is 3. The van der Waals surface area contributed by atoms with E-state index in [-0.39, 0.29) is 22.5 Å². The summed E-state index contributed by atoms with van der Waals surface area (Å²) in [5.74, 6) is -3.11. The highest BCUT2D eigenvalue weighted by atomic mass is 17.2. The van der Waals surface area contributed by atoms with Gasteiger partial charge in [-0.25, -0.2) is 29.3 Å². The van der Waals surface area contributed by atoms with Crippen LogP contribution in [-0.2, 0) is 14.5 Å². The van der Waals surface area contributed by atoms with Gasteiger partial charge in [0, 0.05) is 16.2 Å². The molecule has 0 atom stereocenters. The van der Waals surface area contributed by atoms with Crippen molar-refractivity contribution in [2.24, 2.45) is 0 Å². The van der Waals surface area contributed by atoms with E-state index in [9.17, 15) is 14.4 Å². The first kappa shape index (κ1) is 24.6. The summed E-state index contributed by atoms with van der Waals surface area (Å²) in [6.07, 6.45) is 0. The van der Waals surface area contributed by atoms with Crippen molar-refractivity contribution >= 4 is 50.6 Å². The first-order valence-electron chi connectivity index (χ1n) is 12.1. The maximum Gasteiger partial charge on any atom is 0.382 e. The van der Waals surface area contributed by atoms with E-state index in [4.69, 9.17) is 14.5 Å². The van der Waals surface area contributed by atoms with Crippen LogP contribution in [0.2, 0.25) is 0 Å². The Labute approximate surface area is 226 Å². The molecule has 194 valence electrons. The number of benzene rings is 3. The minimum absolute atomic E-state index is 0.0393. The molecular formula is C30H18N4O6. The Bertz CT molecular complexity index is 1700. The van der Waals surface area contributed by atoms with Crippen LogP contribution < -0.4 is 0 Å². The number of para-hydroxylation sites is 3. The Morgan fingerprint density at radius 2 is 0.725 bits per heavy atom. The molecule has 0 spiro atoms. The third-order valence-corrected chi connectivity index (χ3v) is 5.90. The number of carbonyl (C=O) groups is 3. The molecule has 0 saturated carbocycles. The molecule has 10 heteroatoms. The SMILES string of the molecule is O=C(ON(OC(=O)c1ccc2ccccc2n1)OC(=O)c1ccc2ccccc2n1)c1ccc2ccccc2n1. The smallest absolute Gasteiger partial charge is 0.294 e. The summed E-state index contributed by atoms with van der Waals surface area (Å²) in [6.45, 7) is 0. The molecule has 6 rings (SSSR count). The summed E-state index contributed by atoms with van der Waals surface area (Å²) in [7, 11) is 0. The summed E-state index contributed by atoms with van der Waals surface area (Å²) in [5.41, 5.74) is 1.30. The van der Waals surface area contributed by atoms with E-state index in [0.717, 1.165) is 16.2 Å². The van der Waals surface area contributed by atoms with E-state index in [0.29, 0.717) is 16.6 Å². The minimum Gasteiger partial charge on any atom is -0.294 e. The second-order valence-corrected chi connectivity index (χ2v) is 8.53. The van der Waals surface area contributed by atoms with Gasteiger partial charge in [-0.15, -0.1) is 0 Å². The molecule has 3 aromatic heterocycles. The Morgan fingerprint density at radius 3 is 1.05 bits per heavy atom. The van der Waals surface area contributed by atoms with E-state index in [1.54, 1.807) is 54.6 Å². The summed E-state index contributed by atoms with van der Waals surface area (Å²) < 4.78 is 0. The van der Waals surface area contributed by atoms with Crippen LogP contribution >= 0.6 is 0 Å². The molecule has 40 heavy (non-hydrogen) atoms. The molecule has 0 fully saturated rings. The molecule has 10 nitrogen and oxygen atoms in total. The van der Waals surface area contributed by atoms with Gasteiger partial charge < -0.3 is 0 Å². The van der Waals surface area contributed by atoms with Gasteiger partial charge in [0.05, 0.1) is 16.6 Å². The van der Waals surface area contributed by atoms with Gasteiger partial charge in [-0.2, -0.15) is 0 Å². The lowest BCUT2D eigenvalue weighted by Crippen LogP contribution is -2.33. The van der Waals surface area contributed by atoms with Crippen molar-refractivity contribution in [2.75, 3.05) is 0 Å². The van der Waals surface area contributed by atoms with E-state index >= 15 is 0 Å². The summed E-state index contributed by atoms with van der Waals surface area (Å²) in [4.78, 5) is 67.0. The lowest BCUT2D eigenvalue weighted by atomic mass is 10.2. The van der Waals surface area contributed by atoms with Crippen LogP contribution in [0.15, 0.2) is 109 Å². The van der Waals surface area contributed by atoms with E-state index in [1.165, 1.54) is 18.2 Å². The van der Waals surface area contributed by atoms with Gasteiger partial charge in [-0.1, -0.05) is 72.8 Å². The average molecular weight is 530 g/mol. The quantitative estimate of drug-likeness (QED) is 0.264. The van der Waals surface area contributed by atoms with Crippen molar-refractivity contribution in [1.82, 2.24) is 20.3 Å². The molecule has 3 heterocycles. The standard InChI is InChI=1S/C30H18N4O6/c35-28(25-16-13-19-7-1-4-10-22(19)31-25)38-34(39-29(36)26-17-14-20-8-2-5-11-23(20)32-26)40-30(37)27-18-15-21-9-3-6-12-24(21)33-27/h1-18H. The van der Waals surface area contributed by atoms with Gasteiger partial charge in [0.25, 0.3) is 0 Å². The highest BCUT2D eigenvalue weighted by Crippen LogP contribution is 2.17. The van der Waals surface area contributed by atoms with Crippen LogP contribution in [0.3, 0.4) is 0 Å². The lowest BCUT2D eigenvalue weighted by Gasteiger charge is -2.17. The Morgan fingerprint density at radius 1 is 0.425 bits per heavy atom. The van der Waals surface area contributed by atoms with Crippen LogP contribution in [0.4, 0.5) is 0 Å². The summed E-state index contributed by atoms with van der Waals surface area (Å²) in [6, 6.07) is 30.8. The number of pyridine rings is 3. The Hall–Kier alpha value is -5.74. The molecule has 0 unspecified atom stereocenters. The van der Waals surface area contributed by atoms with Crippen molar-refractivity contribution in [3.05, 3.63) is 126 Å². The number of fused-ring (bicyclic) bond motifs is 3. The molecule has 0 aliphatic heterocycles. The normalized spacial score (nSPS) is 11.0. The summed E-state index contributed by atoms with van der Waals surface area (Å²) in [5, 5.41) is 2.45. The van der Waals surface area contributed by atoms with Crippen molar-refractivity contribution in [3.63, 3.8) is 0 Å². The summed E-state index contributed by atoms with van der Waals surface area (Å²) >= 11 is 0. The number of nitrogens with zero attached hydrogens (tertiary/aromatic N) is 4. The highest BCUT2D eigenvalue weighted by Gasteiger charge is 2.27. The van der Waals surface area contributed by atoms with Gasteiger partial charge in [0.1, 0.15) is 0 Å². The number of hydrogen-bond donors (Lipinski definition) is 0. The van der Waals surface area contributed by atoms with Crippen LogP contribution in [0.5, 0.6) is 0 Å². The van der Waals surface area contributed by atoms with Crippen molar-refractivity contribution < 1.29 is 28.9 Å². The predicted octanol–water partition coefficient (Wildman–Crippen LogP) is 5.25. The maximum absolute atomic E-state index is 12.9. The monoisotopic (exact) mass is 530 g/mol. The van der Waals surface area contributed by atoms with Gasteiger partial charge >= 0.3 is 17.9 Å². The third-order valence-electron chi connectivity index (χ3n) is 5.90. The Kier molecular flexibility index (Phi) is 6.49. The molecule has 0 amide bonds. The van der Waals surface area contributed by atoms with Gasteiger partial charge in [-0.05, 0) is 36.4 Å². The molecule has 0 N–H and O–H groups in total. The lowest BCUT2D eigenvalue weighted by molar-refractivity contribution is -0.449. The van der Waals surface area contributed by atoms with Crippen molar-refractivity contribution in [2.45, 2.75) is 0 Å². The highest BCUT2D eigenvalue weighted by molar-refractivity contribution is 5.93. The molecule has 3 aromatic carbocycles. The molecule has 0 aliphatic carbocycles. The molecule has 0 saturated heterocycles. The molecular weight excluding hydrogens is 512 g/mol. The zero-order chi connectivity index (χ0) is 27.5. The second-order valence-electron chi connectivity index (χ2n) is 8.53. The van der Waals surface area contributed by atoms with E-state index < -0.39 is 17.9 Å².